The molecule has 0 bridgehead atoms. The number of carbonyl (C=O) groups excluding carboxylic acids is 2. The number of esters is 1. The molecule has 10 nitrogen and oxygen atoms in total. The lowest BCUT2D eigenvalue weighted by atomic mass is 10.1. The molecule has 12 heteroatoms. The van der Waals surface area contributed by atoms with Gasteiger partial charge in [0.05, 0.1) is 26.4 Å². The summed E-state index contributed by atoms with van der Waals surface area (Å²) in [5.41, 5.74) is -1.01. The second kappa shape index (κ2) is 8.16. The molecule has 1 fully saturated rings. The van der Waals surface area contributed by atoms with E-state index in [1.54, 1.807) is 18.2 Å². The van der Waals surface area contributed by atoms with Crippen LogP contribution in [0.5, 0.6) is 5.75 Å². The third-order valence-corrected chi connectivity index (χ3v) is 4.73. The van der Waals surface area contributed by atoms with Gasteiger partial charge in [-0.25, -0.2) is 4.79 Å². The first-order valence-electron chi connectivity index (χ1n) is 7.74. The van der Waals surface area contributed by atoms with E-state index in [0.717, 1.165) is 30.0 Å². The average Bonchev–Trinajstić information content (AvgIpc) is 2.98. The number of nitrogens with one attached hydrogen (secondary N) is 1. The van der Waals surface area contributed by atoms with E-state index in [4.69, 9.17) is 17.0 Å². The van der Waals surface area contributed by atoms with E-state index < -0.39 is 27.2 Å². The highest BCUT2D eigenvalue weighted by Crippen LogP contribution is 2.28. The highest BCUT2D eigenvalue weighted by molar-refractivity contribution is 8.26. The molecule has 0 atom stereocenters. The number of amides is 1. The van der Waals surface area contributed by atoms with Crippen LogP contribution in [0.1, 0.15) is 15.9 Å². The Bertz CT molecular complexity index is 1080. The van der Waals surface area contributed by atoms with E-state index >= 15 is 0 Å². The Morgan fingerprint density at radius 3 is 2.31 bits per heavy atom. The number of thioether (sulfide) groups is 1. The number of hydrogen-bond donors (Lipinski definition) is 1. The first-order chi connectivity index (χ1) is 13.7. The lowest BCUT2D eigenvalue weighted by molar-refractivity contribution is -0.394. The molecule has 1 amide bonds. The molecule has 0 saturated carbocycles. The average molecular weight is 431 g/mol. The molecule has 29 heavy (non-hydrogen) atoms. The Labute approximate surface area is 171 Å². The van der Waals surface area contributed by atoms with Crippen molar-refractivity contribution in [3.63, 3.8) is 0 Å². The number of ether oxygens (including phenoxy) is 1. The Hall–Kier alpha value is -3.64. The Morgan fingerprint density at radius 1 is 1.10 bits per heavy atom. The van der Waals surface area contributed by atoms with Crippen molar-refractivity contribution >= 4 is 57.6 Å². The maximum atomic E-state index is 12.3. The van der Waals surface area contributed by atoms with Crippen LogP contribution in [-0.2, 0) is 4.79 Å². The van der Waals surface area contributed by atoms with E-state index in [0.29, 0.717) is 14.8 Å². The topological polar surface area (TPSA) is 142 Å². The number of nitro groups is 2. The van der Waals surface area contributed by atoms with Crippen molar-refractivity contribution in [1.29, 1.82) is 0 Å². The summed E-state index contributed by atoms with van der Waals surface area (Å²) in [5, 5.41) is 24.4. The molecule has 3 rings (SSSR count). The van der Waals surface area contributed by atoms with Crippen molar-refractivity contribution in [3.05, 3.63) is 78.7 Å². The van der Waals surface area contributed by atoms with Gasteiger partial charge in [0, 0.05) is 12.1 Å². The SMILES string of the molecule is O=C1NC(=S)SC1=Cc1cccc(OC(=O)c2cc([N+](=O)[O-])cc([N+](=O)[O-])c2)c1. The number of nitro benzene ring substituents is 2. The van der Waals surface area contributed by atoms with Crippen LogP contribution < -0.4 is 10.1 Å². The number of nitrogens with zero attached hydrogens (tertiary/aromatic N) is 2. The fourth-order valence-electron chi connectivity index (χ4n) is 2.33. The Kier molecular flexibility index (Phi) is 5.66. The van der Waals surface area contributed by atoms with Crippen molar-refractivity contribution in [2.75, 3.05) is 0 Å². The highest BCUT2D eigenvalue weighted by Gasteiger charge is 2.23. The van der Waals surface area contributed by atoms with Gasteiger partial charge in [-0.15, -0.1) is 0 Å². The molecule has 1 heterocycles. The smallest absolute Gasteiger partial charge is 0.344 e. The van der Waals surface area contributed by atoms with E-state index in [2.05, 4.69) is 5.32 Å². The molecule has 1 saturated heterocycles. The molecule has 1 aliphatic rings. The number of hydrogen-bond acceptors (Lipinski definition) is 9. The number of non-ortho nitro benzene ring substituents is 2. The van der Waals surface area contributed by atoms with Crippen molar-refractivity contribution in [2.45, 2.75) is 0 Å². The summed E-state index contributed by atoms with van der Waals surface area (Å²) in [5.74, 6) is -1.26. The van der Waals surface area contributed by atoms with Gasteiger partial charge in [0.15, 0.2) is 0 Å². The number of carbonyl (C=O) groups is 2. The zero-order valence-corrected chi connectivity index (χ0v) is 15.8. The molecule has 1 aliphatic heterocycles. The predicted molar refractivity (Wildman–Crippen MR) is 107 cm³/mol. The lowest BCUT2D eigenvalue weighted by Gasteiger charge is -2.06. The largest absolute Gasteiger partial charge is 0.423 e. The summed E-state index contributed by atoms with van der Waals surface area (Å²) in [6.07, 6.45) is 1.55. The first kappa shape index (κ1) is 20.1. The molecule has 146 valence electrons. The molecule has 2 aromatic carbocycles. The third kappa shape index (κ3) is 4.80. The van der Waals surface area contributed by atoms with Gasteiger partial charge in [0.1, 0.15) is 10.1 Å². The van der Waals surface area contributed by atoms with Crippen molar-refractivity contribution in [1.82, 2.24) is 5.32 Å². The minimum Gasteiger partial charge on any atom is -0.423 e. The zero-order valence-electron chi connectivity index (χ0n) is 14.2. The van der Waals surface area contributed by atoms with Gasteiger partial charge in [-0.05, 0) is 23.8 Å². The van der Waals surface area contributed by atoms with Gasteiger partial charge in [-0.1, -0.05) is 36.1 Å². The van der Waals surface area contributed by atoms with Gasteiger partial charge < -0.3 is 10.1 Å². The van der Waals surface area contributed by atoms with Crippen LogP contribution in [0.15, 0.2) is 47.4 Å². The molecular weight excluding hydrogens is 422 g/mol. The summed E-state index contributed by atoms with van der Waals surface area (Å²) in [4.78, 5) is 44.7. The van der Waals surface area contributed by atoms with Crippen LogP contribution in [0.4, 0.5) is 11.4 Å². The van der Waals surface area contributed by atoms with Crippen molar-refractivity contribution in [2.24, 2.45) is 0 Å². The maximum absolute atomic E-state index is 12.3. The molecule has 0 unspecified atom stereocenters. The van der Waals surface area contributed by atoms with Gasteiger partial charge >= 0.3 is 5.97 Å². The van der Waals surface area contributed by atoms with Crippen molar-refractivity contribution in [3.8, 4) is 5.75 Å². The highest BCUT2D eigenvalue weighted by atomic mass is 32.2. The summed E-state index contributed by atoms with van der Waals surface area (Å²) in [6.45, 7) is 0. The predicted octanol–water partition coefficient (Wildman–Crippen LogP) is 3.21. The zero-order chi connectivity index (χ0) is 21.1. The normalized spacial score (nSPS) is 14.6. The fraction of sp³-hybridized carbons (Fsp3) is 0. The lowest BCUT2D eigenvalue weighted by Crippen LogP contribution is -2.17. The molecule has 0 aliphatic carbocycles. The number of rotatable bonds is 5. The number of thiocarbonyl (C=S) groups is 1. The second-order valence-electron chi connectivity index (χ2n) is 5.57. The number of benzene rings is 2. The van der Waals surface area contributed by atoms with Crippen LogP contribution in [0, 0.1) is 20.2 Å². The van der Waals surface area contributed by atoms with Crippen LogP contribution in [-0.4, -0.2) is 26.0 Å². The van der Waals surface area contributed by atoms with Gasteiger partial charge in [-0.2, -0.15) is 0 Å². The van der Waals surface area contributed by atoms with E-state index in [1.165, 1.54) is 12.1 Å². The molecule has 2 aromatic rings. The van der Waals surface area contributed by atoms with E-state index in [9.17, 15) is 29.8 Å². The van der Waals surface area contributed by atoms with E-state index in [1.807, 2.05) is 0 Å². The van der Waals surface area contributed by atoms with Crippen LogP contribution in [0.2, 0.25) is 0 Å². The van der Waals surface area contributed by atoms with Gasteiger partial charge in [0.2, 0.25) is 0 Å². The summed E-state index contributed by atoms with van der Waals surface area (Å²) in [7, 11) is 0. The molecular formula is C17H9N3O7S2. The van der Waals surface area contributed by atoms with E-state index in [-0.39, 0.29) is 17.2 Å². The summed E-state index contributed by atoms with van der Waals surface area (Å²) >= 11 is 6.00. The van der Waals surface area contributed by atoms with Crippen LogP contribution in [0.3, 0.4) is 0 Å². The fourth-order valence-corrected chi connectivity index (χ4v) is 3.37. The minimum absolute atomic E-state index is 0.0875. The van der Waals surface area contributed by atoms with Crippen LogP contribution in [0.25, 0.3) is 6.08 Å². The molecule has 0 radical (unpaired) electrons. The Morgan fingerprint density at radius 2 is 1.76 bits per heavy atom. The molecule has 0 aromatic heterocycles. The summed E-state index contributed by atoms with van der Waals surface area (Å²) < 4.78 is 5.51. The molecule has 1 N–H and O–H groups in total. The van der Waals surface area contributed by atoms with Gasteiger partial charge in [0.25, 0.3) is 17.3 Å². The molecule has 0 spiro atoms. The maximum Gasteiger partial charge on any atom is 0.344 e. The Balaban J connectivity index is 1.85. The van der Waals surface area contributed by atoms with Gasteiger partial charge in [-0.3, -0.25) is 25.0 Å². The monoisotopic (exact) mass is 431 g/mol. The standard InChI is InChI=1S/C17H9N3O7S2/c21-15-14(29-17(28)18-15)5-9-2-1-3-13(4-9)27-16(22)10-6-11(19(23)24)8-12(7-10)20(25)26/h1-8H,(H,18,21,28). The second-order valence-corrected chi connectivity index (χ2v) is 7.29. The summed E-state index contributed by atoms with van der Waals surface area (Å²) in [6, 6.07) is 8.68. The minimum atomic E-state index is -1.00. The van der Waals surface area contributed by atoms with Crippen LogP contribution >= 0.6 is 24.0 Å². The van der Waals surface area contributed by atoms with Crippen molar-refractivity contribution < 1.29 is 24.2 Å². The quantitative estimate of drug-likeness (QED) is 0.188. The third-order valence-electron chi connectivity index (χ3n) is 3.57. The first-order valence-corrected chi connectivity index (χ1v) is 8.96.